The van der Waals surface area contributed by atoms with Crippen LogP contribution in [-0.2, 0) is 4.79 Å². The molecule has 1 aromatic carbocycles. The van der Waals surface area contributed by atoms with Crippen LogP contribution >= 0.6 is 0 Å². The molecule has 0 aliphatic heterocycles. The molecule has 1 aromatic rings. The summed E-state index contributed by atoms with van der Waals surface area (Å²) in [4.78, 5) is 8.58. The Morgan fingerprint density at radius 3 is 2.25 bits per heavy atom. The molecule has 1 aliphatic carbocycles. The van der Waals surface area contributed by atoms with E-state index in [0.717, 1.165) is 0 Å². The lowest BCUT2D eigenvalue weighted by Crippen LogP contribution is -2.04. The molecule has 0 atom stereocenters. The molecule has 2 N–H and O–H groups in total. The van der Waals surface area contributed by atoms with Gasteiger partial charge in [0.05, 0.1) is 0 Å². The molecule has 0 saturated carbocycles. The zero-order valence-electron chi connectivity index (χ0n) is 9.94. The Kier molecular flexibility index (Phi) is 4.29. The third-order valence-corrected chi connectivity index (χ3v) is 2.71. The highest BCUT2D eigenvalue weighted by atomic mass is 16.1. The molecule has 2 rings (SSSR count). The van der Waals surface area contributed by atoms with Crippen LogP contribution in [0.5, 0.6) is 0 Å². The summed E-state index contributed by atoms with van der Waals surface area (Å²) in [5.74, 6) is 0. The first-order valence-electron chi connectivity index (χ1n) is 5.49. The minimum absolute atomic E-state index is 0.250. The summed E-state index contributed by atoms with van der Waals surface area (Å²) >= 11 is 0. The fraction of sp³-hybridized carbons (Fsp3) is 0.357. The van der Waals surface area contributed by atoms with E-state index in [1.54, 1.807) is 0 Å². The zero-order valence-corrected chi connectivity index (χ0v) is 9.94. The Morgan fingerprint density at radius 1 is 1.25 bits per heavy atom. The molecule has 0 aromatic heterocycles. The maximum atomic E-state index is 8.58. The van der Waals surface area contributed by atoms with Gasteiger partial charge in [0, 0.05) is 0 Å². The average Bonchev–Trinajstić information content (AvgIpc) is 2.61. The standard InChI is InChI=1S/C13H16.CH3NO/c1-13(2)9-8-12(10-13)11-6-4-3-5-7-11;2-1-3/h3-8H,9-10H2,1-2H3;1H,(H2,2,3). The first kappa shape index (κ1) is 12.5. The Labute approximate surface area is 97.2 Å². The van der Waals surface area contributed by atoms with Gasteiger partial charge < -0.3 is 5.73 Å². The van der Waals surface area contributed by atoms with Crippen LogP contribution in [-0.4, -0.2) is 6.41 Å². The van der Waals surface area contributed by atoms with E-state index in [2.05, 4.69) is 56.0 Å². The van der Waals surface area contributed by atoms with Crippen molar-refractivity contribution in [1.29, 1.82) is 0 Å². The van der Waals surface area contributed by atoms with Gasteiger partial charge in [-0.25, -0.2) is 0 Å². The largest absolute Gasteiger partial charge is 0.372 e. The summed E-state index contributed by atoms with van der Waals surface area (Å²) in [5, 5.41) is 0. The normalized spacial score (nSPS) is 17.0. The smallest absolute Gasteiger partial charge is 0.204 e. The highest BCUT2D eigenvalue weighted by Crippen LogP contribution is 2.40. The predicted molar refractivity (Wildman–Crippen MR) is 67.7 cm³/mol. The van der Waals surface area contributed by atoms with Gasteiger partial charge in [-0.1, -0.05) is 50.3 Å². The molecular formula is C14H19NO. The van der Waals surface area contributed by atoms with Crippen LogP contribution in [0, 0.1) is 5.41 Å². The number of amides is 1. The first-order chi connectivity index (χ1) is 7.59. The van der Waals surface area contributed by atoms with Crippen LogP contribution in [0.2, 0.25) is 0 Å². The van der Waals surface area contributed by atoms with E-state index in [4.69, 9.17) is 4.79 Å². The van der Waals surface area contributed by atoms with Crippen molar-refractivity contribution in [2.24, 2.45) is 11.1 Å². The average molecular weight is 217 g/mol. The molecule has 0 unspecified atom stereocenters. The summed E-state index contributed by atoms with van der Waals surface area (Å²) in [5.41, 5.74) is 7.56. The van der Waals surface area contributed by atoms with Crippen LogP contribution in [0.15, 0.2) is 36.4 Å². The van der Waals surface area contributed by atoms with Crippen LogP contribution in [0.25, 0.3) is 5.57 Å². The molecule has 2 heteroatoms. The molecule has 16 heavy (non-hydrogen) atoms. The molecule has 1 aliphatic rings. The maximum absolute atomic E-state index is 8.58. The van der Waals surface area contributed by atoms with Crippen LogP contribution in [0.3, 0.4) is 0 Å². The lowest BCUT2D eigenvalue weighted by Gasteiger charge is -2.16. The molecule has 0 saturated heterocycles. The summed E-state index contributed by atoms with van der Waals surface area (Å²) < 4.78 is 0. The predicted octanol–water partition coefficient (Wildman–Crippen LogP) is 2.99. The highest BCUT2D eigenvalue weighted by Gasteiger charge is 2.24. The van der Waals surface area contributed by atoms with Gasteiger partial charge in [-0.3, -0.25) is 4.79 Å². The van der Waals surface area contributed by atoms with Crippen molar-refractivity contribution < 1.29 is 4.79 Å². The Morgan fingerprint density at radius 2 is 1.81 bits per heavy atom. The van der Waals surface area contributed by atoms with Gasteiger partial charge in [-0.05, 0) is 29.4 Å². The third kappa shape index (κ3) is 3.54. The Hall–Kier alpha value is -1.57. The quantitative estimate of drug-likeness (QED) is 0.722. The lowest BCUT2D eigenvalue weighted by molar-refractivity contribution is -0.106. The van der Waals surface area contributed by atoms with Gasteiger partial charge in [0.1, 0.15) is 0 Å². The van der Waals surface area contributed by atoms with E-state index in [0.29, 0.717) is 5.41 Å². The number of rotatable bonds is 1. The summed E-state index contributed by atoms with van der Waals surface area (Å²) in [6, 6.07) is 10.7. The van der Waals surface area contributed by atoms with Crippen molar-refractivity contribution in [3.05, 3.63) is 42.0 Å². The number of allylic oxidation sites excluding steroid dienone is 2. The lowest BCUT2D eigenvalue weighted by atomic mass is 9.88. The van der Waals surface area contributed by atoms with E-state index in [1.807, 2.05) is 0 Å². The van der Waals surface area contributed by atoms with Gasteiger partial charge in [0.2, 0.25) is 6.41 Å². The maximum Gasteiger partial charge on any atom is 0.204 e. The Bertz CT molecular complexity index is 366. The summed E-state index contributed by atoms with van der Waals surface area (Å²) in [6.45, 7) is 4.67. The second-order valence-electron chi connectivity index (χ2n) is 4.78. The van der Waals surface area contributed by atoms with Gasteiger partial charge in [-0.15, -0.1) is 0 Å². The fourth-order valence-corrected chi connectivity index (χ4v) is 1.93. The molecule has 0 fully saturated rings. The molecule has 0 radical (unpaired) electrons. The number of hydrogen-bond acceptors (Lipinski definition) is 1. The SMILES string of the molecule is CC1(C)CC=C(c2ccccc2)C1.NC=O. The number of carbonyl (C=O) groups excluding carboxylic acids is 1. The molecule has 0 heterocycles. The number of primary amides is 1. The highest BCUT2D eigenvalue weighted by molar-refractivity contribution is 5.67. The minimum atomic E-state index is 0.250. The topological polar surface area (TPSA) is 43.1 Å². The number of carbonyl (C=O) groups is 1. The molecule has 0 spiro atoms. The molecule has 86 valence electrons. The van der Waals surface area contributed by atoms with E-state index in [-0.39, 0.29) is 6.41 Å². The Balaban J connectivity index is 0.000000386. The van der Waals surface area contributed by atoms with Crippen LogP contribution in [0.1, 0.15) is 32.3 Å². The monoisotopic (exact) mass is 217 g/mol. The molecule has 1 amide bonds. The second kappa shape index (κ2) is 5.50. The van der Waals surface area contributed by atoms with Crippen LogP contribution < -0.4 is 5.73 Å². The van der Waals surface area contributed by atoms with Crippen molar-refractivity contribution in [3.8, 4) is 0 Å². The van der Waals surface area contributed by atoms with Crippen molar-refractivity contribution in [1.82, 2.24) is 0 Å². The summed E-state index contributed by atoms with van der Waals surface area (Å²) in [6.07, 6.45) is 5.07. The van der Waals surface area contributed by atoms with Crippen molar-refractivity contribution in [3.63, 3.8) is 0 Å². The zero-order chi connectivity index (χ0) is 12.0. The van der Waals surface area contributed by atoms with Gasteiger partial charge in [-0.2, -0.15) is 0 Å². The van der Waals surface area contributed by atoms with E-state index >= 15 is 0 Å². The van der Waals surface area contributed by atoms with E-state index in [9.17, 15) is 0 Å². The fourth-order valence-electron chi connectivity index (χ4n) is 1.93. The number of hydrogen-bond donors (Lipinski definition) is 1. The van der Waals surface area contributed by atoms with Crippen molar-refractivity contribution in [2.45, 2.75) is 26.7 Å². The van der Waals surface area contributed by atoms with Gasteiger partial charge in [0.15, 0.2) is 0 Å². The molecule has 2 nitrogen and oxygen atoms in total. The van der Waals surface area contributed by atoms with E-state index < -0.39 is 0 Å². The van der Waals surface area contributed by atoms with Crippen molar-refractivity contribution >= 4 is 12.0 Å². The van der Waals surface area contributed by atoms with Crippen molar-refractivity contribution in [2.75, 3.05) is 0 Å². The molecule has 0 bridgehead atoms. The minimum Gasteiger partial charge on any atom is -0.372 e. The molecular weight excluding hydrogens is 198 g/mol. The first-order valence-corrected chi connectivity index (χ1v) is 5.49. The van der Waals surface area contributed by atoms with Gasteiger partial charge >= 0.3 is 0 Å². The second-order valence-corrected chi connectivity index (χ2v) is 4.78. The van der Waals surface area contributed by atoms with Crippen LogP contribution in [0.4, 0.5) is 0 Å². The summed E-state index contributed by atoms with van der Waals surface area (Å²) in [7, 11) is 0. The number of benzene rings is 1. The third-order valence-electron chi connectivity index (χ3n) is 2.71. The number of nitrogens with two attached hydrogens (primary N) is 1. The van der Waals surface area contributed by atoms with E-state index in [1.165, 1.54) is 24.0 Å². The van der Waals surface area contributed by atoms with Gasteiger partial charge in [0.25, 0.3) is 0 Å².